The van der Waals surface area contributed by atoms with Crippen molar-refractivity contribution in [1.82, 2.24) is 15.5 Å². The minimum Gasteiger partial charge on any atom is -0.490 e. The predicted molar refractivity (Wildman–Crippen MR) is 106 cm³/mol. The third-order valence-electron chi connectivity index (χ3n) is 3.94. The van der Waals surface area contributed by atoms with E-state index in [-0.39, 0.29) is 5.91 Å². The first-order chi connectivity index (χ1) is 12.6. The second-order valence-corrected chi connectivity index (χ2v) is 6.71. The van der Waals surface area contributed by atoms with Gasteiger partial charge in [0.1, 0.15) is 17.4 Å². The van der Waals surface area contributed by atoms with E-state index in [1.807, 2.05) is 11.8 Å². The van der Waals surface area contributed by atoms with Crippen LogP contribution >= 0.6 is 23.2 Å². The van der Waals surface area contributed by atoms with E-state index in [1.54, 1.807) is 18.2 Å². The van der Waals surface area contributed by atoms with Crippen molar-refractivity contribution >= 4 is 35.1 Å². The van der Waals surface area contributed by atoms with E-state index in [9.17, 15) is 4.79 Å². The van der Waals surface area contributed by atoms with Gasteiger partial charge in [0, 0.05) is 32.6 Å². The highest BCUT2D eigenvalue weighted by Crippen LogP contribution is 2.31. The van der Waals surface area contributed by atoms with Crippen LogP contribution in [0.2, 0.25) is 10.0 Å². The molecule has 0 spiro atoms. The van der Waals surface area contributed by atoms with Crippen LogP contribution in [-0.4, -0.2) is 56.1 Å². The van der Waals surface area contributed by atoms with E-state index >= 15 is 0 Å². The summed E-state index contributed by atoms with van der Waals surface area (Å²) in [5, 5.41) is 7.31. The average molecular weight is 401 g/mol. The van der Waals surface area contributed by atoms with Crippen LogP contribution in [-0.2, 0) is 4.79 Å². The molecule has 1 aliphatic heterocycles. The number of guanidine groups is 1. The monoisotopic (exact) mass is 400 g/mol. The maximum atomic E-state index is 11.6. The summed E-state index contributed by atoms with van der Waals surface area (Å²) in [6, 6.07) is 5.31. The lowest BCUT2D eigenvalue weighted by Gasteiger charge is -2.15. The Morgan fingerprint density at radius 2 is 2.19 bits per heavy atom. The Morgan fingerprint density at radius 1 is 1.35 bits per heavy atom. The number of benzene rings is 1. The van der Waals surface area contributed by atoms with Crippen molar-refractivity contribution in [3.63, 3.8) is 0 Å². The first kappa shape index (κ1) is 20.6. The topological polar surface area (TPSA) is 66.0 Å². The van der Waals surface area contributed by atoms with Crippen LogP contribution in [0.5, 0.6) is 5.75 Å². The number of aliphatic imine (C=N–C) groups is 1. The number of amides is 1. The van der Waals surface area contributed by atoms with Gasteiger partial charge in [-0.15, -0.1) is 0 Å². The molecule has 6 nitrogen and oxygen atoms in total. The maximum Gasteiger partial charge on any atom is 0.222 e. The molecule has 1 amide bonds. The highest BCUT2D eigenvalue weighted by atomic mass is 35.5. The molecular formula is C18H26Cl2N4O2. The zero-order valence-corrected chi connectivity index (χ0v) is 16.6. The van der Waals surface area contributed by atoms with Crippen LogP contribution in [0, 0.1) is 0 Å². The maximum absolute atomic E-state index is 11.6. The summed E-state index contributed by atoms with van der Waals surface area (Å²) < 4.78 is 5.65. The number of carbonyl (C=O) groups is 1. The molecule has 0 bridgehead atoms. The number of hydrogen-bond donors (Lipinski definition) is 2. The second-order valence-electron chi connectivity index (χ2n) is 5.93. The van der Waals surface area contributed by atoms with Gasteiger partial charge in [-0.1, -0.05) is 29.3 Å². The van der Waals surface area contributed by atoms with Crippen LogP contribution in [0.15, 0.2) is 23.2 Å². The molecular weight excluding hydrogens is 375 g/mol. The Balaban J connectivity index is 1.69. The quantitative estimate of drug-likeness (QED) is 0.379. The van der Waals surface area contributed by atoms with Crippen molar-refractivity contribution in [2.24, 2.45) is 4.99 Å². The van der Waals surface area contributed by atoms with E-state index in [2.05, 4.69) is 15.6 Å². The molecule has 1 heterocycles. The summed E-state index contributed by atoms with van der Waals surface area (Å²) in [6.45, 7) is 6.13. The third kappa shape index (κ3) is 6.57. The third-order valence-corrected chi connectivity index (χ3v) is 4.74. The van der Waals surface area contributed by atoms with E-state index in [4.69, 9.17) is 27.9 Å². The number of hydrogen-bond acceptors (Lipinski definition) is 3. The Morgan fingerprint density at radius 3 is 2.92 bits per heavy atom. The number of nitrogens with one attached hydrogen (secondary N) is 2. The zero-order valence-electron chi connectivity index (χ0n) is 15.1. The molecule has 1 fully saturated rings. The highest BCUT2D eigenvalue weighted by Gasteiger charge is 2.18. The Bertz CT molecular complexity index is 625. The van der Waals surface area contributed by atoms with Crippen LogP contribution in [0.1, 0.15) is 26.2 Å². The van der Waals surface area contributed by atoms with Crippen LogP contribution < -0.4 is 15.4 Å². The van der Waals surface area contributed by atoms with E-state index in [0.29, 0.717) is 41.9 Å². The van der Waals surface area contributed by atoms with E-state index in [1.165, 1.54) is 0 Å². The normalized spacial score (nSPS) is 14.7. The fourth-order valence-corrected chi connectivity index (χ4v) is 3.01. The molecule has 0 unspecified atom stereocenters. The zero-order chi connectivity index (χ0) is 18.8. The fraction of sp³-hybridized carbons (Fsp3) is 0.556. The summed E-state index contributed by atoms with van der Waals surface area (Å²) in [7, 11) is 0. The molecule has 0 atom stereocenters. The summed E-state index contributed by atoms with van der Waals surface area (Å²) >= 11 is 12.1. The van der Waals surface area contributed by atoms with Gasteiger partial charge in [-0.2, -0.15) is 0 Å². The van der Waals surface area contributed by atoms with Gasteiger partial charge in [0.2, 0.25) is 5.91 Å². The SMILES string of the molecule is CCNC(=NCCCN1CCCC1=O)NCCOc1cccc(Cl)c1Cl. The molecule has 1 aromatic carbocycles. The molecule has 144 valence electrons. The number of halogens is 2. The first-order valence-corrected chi connectivity index (χ1v) is 9.74. The van der Waals surface area contributed by atoms with Gasteiger partial charge in [-0.3, -0.25) is 9.79 Å². The summed E-state index contributed by atoms with van der Waals surface area (Å²) in [4.78, 5) is 18.0. The summed E-state index contributed by atoms with van der Waals surface area (Å²) in [5.74, 6) is 1.56. The van der Waals surface area contributed by atoms with Gasteiger partial charge in [0.15, 0.2) is 5.96 Å². The molecule has 2 N–H and O–H groups in total. The van der Waals surface area contributed by atoms with Crippen LogP contribution in [0.3, 0.4) is 0 Å². The summed E-state index contributed by atoms with van der Waals surface area (Å²) in [5.41, 5.74) is 0. The lowest BCUT2D eigenvalue weighted by atomic mass is 10.3. The smallest absolute Gasteiger partial charge is 0.222 e. The van der Waals surface area contributed by atoms with Crippen molar-refractivity contribution in [3.8, 4) is 5.75 Å². The molecule has 8 heteroatoms. The number of likely N-dealkylation sites (tertiary alicyclic amines) is 1. The molecule has 1 aromatic rings. The highest BCUT2D eigenvalue weighted by molar-refractivity contribution is 6.42. The summed E-state index contributed by atoms with van der Waals surface area (Å²) in [6.07, 6.45) is 2.52. The second kappa shape index (κ2) is 11.1. The molecule has 0 aliphatic carbocycles. The van der Waals surface area contributed by atoms with Crippen molar-refractivity contribution in [2.45, 2.75) is 26.2 Å². The Hall–Kier alpha value is -1.66. The van der Waals surface area contributed by atoms with E-state index in [0.717, 1.165) is 38.4 Å². The van der Waals surface area contributed by atoms with Crippen LogP contribution in [0.4, 0.5) is 0 Å². The lowest BCUT2D eigenvalue weighted by Crippen LogP contribution is -2.39. The minimum atomic E-state index is 0.260. The standard InChI is InChI=1S/C18H26Cl2N4O2/c1-2-21-18(22-9-5-12-24-11-4-8-16(24)25)23-10-13-26-15-7-3-6-14(19)17(15)20/h3,6-7H,2,4-5,8-13H2,1H3,(H2,21,22,23). The fourth-order valence-electron chi connectivity index (χ4n) is 2.66. The van der Waals surface area contributed by atoms with E-state index < -0.39 is 0 Å². The number of ether oxygens (including phenoxy) is 1. The van der Waals surface area contributed by atoms with Gasteiger partial charge in [-0.05, 0) is 31.9 Å². The number of nitrogens with zero attached hydrogens (tertiary/aromatic N) is 2. The number of carbonyl (C=O) groups excluding carboxylic acids is 1. The lowest BCUT2D eigenvalue weighted by molar-refractivity contribution is -0.127. The largest absolute Gasteiger partial charge is 0.490 e. The van der Waals surface area contributed by atoms with Crippen molar-refractivity contribution in [1.29, 1.82) is 0 Å². The van der Waals surface area contributed by atoms with Gasteiger partial charge >= 0.3 is 0 Å². The molecule has 1 saturated heterocycles. The van der Waals surface area contributed by atoms with Gasteiger partial charge in [0.25, 0.3) is 0 Å². The Kier molecular flexibility index (Phi) is 8.85. The van der Waals surface area contributed by atoms with Crippen molar-refractivity contribution in [2.75, 3.05) is 39.3 Å². The minimum absolute atomic E-state index is 0.260. The number of rotatable bonds is 9. The predicted octanol–water partition coefficient (Wildman–Crippen LogP) is 2.94. The molecule has 26 heavy (non-hydrogen) atoms. The molecule has 2 rings (SSSR count). The first-order valence-electron chi connectivity index (χ1n) is 8.98. The van der Waals surface area contributed by atoms with Gasteiger partial charge in [0.05, 0.1) is 11.6 Å². The van der Waals surface area contributed by atoms with Crippen LogP contribution in [0.25, 0.3) is 0 Å². The molecule has 0 radical (unpaired) electrons. The molecule has 0 saturated carbocycles. The molecule has 1 aliphatic rings. The average Bonchev–Trinajstić information content (AvgIpc) is 3.03. The molecule has 0 aromatic heterocycles. The Labute approximate surface area is 164 Å². The van der Waals surface area contributed by atoms with Crippen molar-refractivity contribution in [3.05, 3.63) is 28.2 Å². The van der Waals surface area contributed by atoms with Gasteiger partial charge < -0.3 is 20.3 Å². The van der Waals surface area contributed by atoms with Crippen molar-refractivity contribution < 1.29 is 9.53 Å². The van der Waals surface area contributed by atoms with Gasteiger partial charge in [-0.25, -0.2) is 0 Å².